The van der Waals surface area contributed by atoms with Crippen LogP contribution in [0.15, 0.2) is 36.4 Å². The minimum absolute atomic E-state index is 0.0976. The lowest BCUT2D eigenvalue weighted by Crippen LogP contribution is -2.45. The Bertz CT molecular complexity index is 612. The molecule has 0 saturated heterocycles. The number of ketones is 1. The number of carbonyl (C=O) groups excluding carboxylic acids is 3. The summed E-state index contributed by atoms with van der Waals surface area (Å²) in [4.78, 5) is 37.1. The SMILES string of the molecule is CCOC(=O)C1(C(=O)OCC)CC(=O)C=C(c2ccccc2)C1. The first-order valence-corrected chi connectivity index (χ1v) is 7.66. The van der Waals surface area contributed by atoms with Crippen molar-refractivity contribution < 1.29 is 23.9 Å². The van der Waals surface area contributed by atoms with Crippen LogP contribution in [0.3, 0.4) is 0 Å². The summed E-state index contributed by atoms with van der Waals surface area (Å²) in [7, 11) is 0. The van der Waals surface area contributed by atoms with Gasteiger partial charge in [0.15, 0.2) is 11.2 Å². The fourth-order valence-electron chi connectivity index (χ4n) is 2.73. The van der Waals surface area contributed by atoms with Crippen LogP contribution in [0, 0.1) is 5.41 Å². The minimum Gasteiger partial charge on any atom is -0.465 e. The predicted octanol–water partition coefficient (Wildman–Crippen LogP) is 2.55. The van der Waals surface area contributed by atoms with Crippen molar-refractivity contribution in [1.29, 1.82) is 0 Å². The quantitative estimate of drug-likeness (QED) is 0.617. The molecule has 0 saturated carbocycles. The van der Waals surface area contributed by atoms with Crippen molar-refractivity contribution in [2.75, 3.05) is 13.2 Å². The van der Waals surface area contributed by atoms with Gasteiger partial charge in [-0.25, -0.2) is 0 Å². The number of esters is 2. The zero-order valence-electron chi connectivity index (χ0n) is 13.3. The van der Waals surface area contributed by atoms with Crippen molar-refractivity contribution in [3.05, 3.63) is 42.0 Å². The molecule has 0 radical (unpaired) electrons. The molecule has 0 amide bonds. The summed E-state index contributed by atoms with van der Waals surface area (Å²) in [5.41, 5.74) is -0.148. The Kier molecular flexibility index (Phi) is 5.32. The van der Waals surface area contributed by atoms with Crippen molar-refractivity contribution in [3.63, 3.8) is 0 Å². The predicted molar refractivity (Wildman–Crippen MR) is 84.4 cm³/mol. The number of ether oxygens (including phenoxy) is 2. The minimum atomic E-state index is -1.59. The Hall–Kier alpha value is -2.43. The Morgan fingerprint density at radius 1 is 1.00 bits per heavy atom. The molecule has 1 aromatic rings. The summed E-state index contributed by atoms with van der Waals surface area (Å²) in [5, 5.41) is 0. The van der Waals surface area contributed by atoms with Crippen LogP contribution in [0.1, 0.15) is 32.3 Å². The van der Waals surface area contributed by atoms with Crippen LogP contribution in [-0.2, 0) is 23.9 Å². The Morgan fingerprint density at radius 2 is 1.57 bits per heavy atom. The van der Waals surface area contributed by atoms with Gasteiger partial charge in [-0.1, -0.05) is 30.3 Å². The van der Waals surface area contributed by atoms with Gasteiger partial charge >= 0.3 is 11.9 Å². The van der Waals surface area contributed by atoms with Gasteiger partial charge in [-0.3, -0.25) is 14.4 Å². The number of hydrogen-bond donors (Lipinski definition) is 0. The van der Waals surface area contributed by atoms with Gasteiger partial charge in [-0.2, -0.15) is 0 Å². The molecule has 0 aromatic heterocycles. The molecule has 0 bridgehead atoms. The van der Waals surface area contributed by atoms with E-state index >= 15 is 0 Å². The van der Waals surface area contributed by atoms with E-state index in [1.807, 2.05) is 30.3 Å². The van der Waals surface area contributed by atoms with E-state index in [0.717, 1.165) is 5.56 Å². The van der Waals surface area contributed by atoms with E-state index in [1.54, 1.807) is 13.8 Å². The largest absolute Gasteiger partial charge is 0.465 e. The highest BCUT2D eigenvalue weighted by Gasteiger charge is 2.52. The average Bonchev–Trinajstić information content (AvgIpc) is 2.55. The van der Waals surface area contributed by atoms with Crippen molar-refractivity contribution in [3.8, 4) is 0 Å². The maximum absolute atomic E-state index is 12.5. The highest BCUT2D eigenvalue weighted by molar-refractivity contribution is 6.11. The number of carbonyl (C=O) groups is 3. The molecule has 0 heterocycles. The van der Waals surface area contributed by atoms with Gasteiger partial charge in [0, 0.05) is 12.8 Å². The van der Waals surface area contributed by atoms with Crippen LogP contribution in [0.2, 0.25) is 0 Å². The van der Waals surface area contributed by atoms with Crippen LogP contribution < -0.4 is 0 Å². The lowest BCUT2D eigenvalue weighted by Gasteiger charge is -2.32. The lowest BCUT2D eigenvalue weighted by molar-refractivity contribution is -0.173. The average molecular weight is 316 g/mol. The summed E-state index contributed by atoms with van der Waals surface area (Å²) in [5.74, 6) is -1.68. The molecule has 0 aliphatic heterocycles. The molecule has 2 rings (SSSR count). The monoisotopic (exact) mass is 316 g/mol. The molecule has 0 atom stereocenters. The molecule has 0 unspecified atom stereocenters. The van der Waals surface area contributed by atoms with Gasteiger partial charge in [0.05, 0.1) is 13.2 Å². The molecule has 1 aromatic carbocycles. The zero-order chi connectivity index (χ0) is 16.9. The van der Waals surface area contributed by atoms with Crippen LogP contribution in [0.4, 0.5) is 0 Å². The van der Waals surface area contributed by atoms with Crippen LogP contribution in [-0.4, -0.2) is 30.9 Å². The fourth-order valence-corrected chi connectivity index (χ4v) is 2.73. The molecular formula is C18H20O5. The van der Waals surface area contributed by atoms with Gasteiger partial charge < -0.3 is 9.47 Å². The van der Waals surface area contributed by atoms with E-state index in [9.17, 15) is 14.4 Å². The molecule has 1 aliphatic carbocycles. The molecule has 0 spiro atoms. The number of hydrogen-bond acceptors (Lipinski definition) is 5. The third kappa shape index (κ3) is 3.50. The molecule has 1 aliphatic rings. The molecule has 0 fully saturated rings. The first kappa shape index (κ1) is 16.9. The highest BCUT2D eigenvalue weighted by atomic mass is 16.6. The Labute approximate surface area is 135 Å². The lowest BCUT2D eigenvalue weighted by atomic mass is 9.72. The Morgan fingerprint density at radius 3 is 2.09 bits per heavy atom. The zero-order valence-corrected chi connectivity index (χ0v) is 13.3. The van der Waals surface area contributed by atoms with E-state index in [-0.39, 0.29) is 31.8 Å². The maximum Gasteiger partial charge on any atom is 0.324 e. The number of rotatable bonds is 5. The first-order valence-electron chi connectivity index (χ1n) is 7.66. The molecule has 5 heteroatoms. The third-order valence-electron chi connectivity index (χ3n) is 3.78. The van der Waals surface area contributed by atoms with E-state index in [2.05, 4.69) is 0 Å². The van der Waals surface area contributed by atoms with Gasteiger partial charge in [0.1, 0.15) is 0 Å². The molecule has 23 heavy (non-hydrogen) atoms. The third-order valence-corrected chi connectivity index (χ3v) is 3.78. The maximum atomic E-state index is 12.5. The summed E-state index contributed by atoms with van der Waals surface area (Å²) >= 11 is 0. The van der Waals surface area contributed by atoms with Gasteiger partial charge in [-0.15, -0.1) is 0 Å². The van der Waals surface area contributed by atoms with Crippen molar-refractivity contribution in [2.45, 2.75) is 26.7 Å². The summed E-state index contributed by atoms with van der Waals surface area (Å²) < 4.78 is 10.1. The van der Waals surface area contributed by atoms with Crippen molar-refractivity contribution in [2.24, 2.45) is 5.41 Å². The highest BCUT2D eigenvalue weighted by Crippen LogP contribution is 2.41. The molecule has 5 nitrogen and oxygen atoms in total. The van der Waals surface area contributed by atoms with E-state index in [4.69, 9.17) is 9.47 Å². The van der Waals surface area contributed by atoms with Crippen LogP contribution in [0.25, 0.3) is 5.57 Å². The summed E-state index contributed by atoms with van der Waals surface area (Å²) in [6.45, 7) is 3.60. The second-order valence-corrected chi connectivity index (χ2v) is 5.38. The molecule has 0 N–H and O–H groups in total. The van der Waals surface area contributed by atoms with Gasteiger partial charge in [-0.05, 0) is 31.1 Å². The van der Waals surface area contributed by atoms with E-state index in [1.165, 1.54) is 6.08 Å². The van der Waals surface area contributed by atoms with Crippen LogP contribution in [0.5, 0.6) is 0 Å². The standard InChI is InChI=1S/C18H20O5/c1-3-22-16(20)18(17(21)23-4-2)11-14(10-15(19)12-18)13-8-6-5-7-9-13/h5-10H,3-4,11-12H2,1-2H3. The molecular weight excluding hydrogens is 296 g/mol. The van der Waals surface area contributed by atoms with Crippen molar-refractivity contribution >= 4 is 23.3 Å². The van der Waals surface area contributed by atoms with Crippen LogP contribution >= 0.6 is 0 Å². The van der Waals surface area contributed by atoms with E-state index in [0.29, 0.717) is 5.57 Å². The van der Waals surface area contributed by atoms with E-state index < -0.39 is 17.4 Å². The van der Waals surface area contributed by atoms with Crippen molar-refractivity contribution in [1.82, 2.24) is 0 Å². The fraction of sp³-hybridized carbons (Fsp3) is 0.389. The summed E-state index contributed by atoms with van der Waals surface area (Å²) in [6, 6.07) is 9.22. The Balaban J connectivity index is 2.43. The number of benzene rings is 1. The second kappa shape index (κ2) is 7.22. The second-order valence-electron chi connectivity index (χ2n) is 5.38. The smallest absolute Gasteiger partial charge is 0.324 e. The molecule has 122 valence electrons. The number of allylic oxidation sites excluding steroid dienone is 2. The summed E-state index contributed by atoms with van der Waals surface area (Å²) in [6.07, 6.45) is 1.37. The van der Waals surface area contributed by atoms with Gasteiger partial charge in [0.25, 0.3) is 0 Å². The topological polar surface area (TPSA) is 69.7 Å². The van der Waals surface area contributed by atoms with Gasteiger partial charge in [0.2, 0.25) is 0 Å². The first-order chi connectivity index (χ1) is 11.0. The normalized spacial score (nSPS) is 16.4.